The summed E-state index contributed by atoms with van der Waals surface area (Å²) in [6.07, 6.45) is 4.33. The first kappa shape index (κ1) is 15.4. The third-order valence-electron chi connectivity index (χ3n) is 2.01. The summed E-state index contributed by atoms with van der Waals surface area (Å²) in [6, 6.07) is 0. The molecule has 0 bridgehead atoms. The molecule has 0 fully saturated rings. The molecule has 0 N–H and O–H groups in total. The minimum atomic E-state index is -0.332. The lowest BCUT2D eigenvalue weighted by atomic mass is 10.2. The van der Waals surface area contributed by atoms with Crippen LogP contribution in [0, 0.1) is 0 Å². The monoisotopic (exact) mass is 240 g/mol. The van der Waals surface area contributed by atoms with Crippen molar-refractivity contribution in [2.45, 2.75) is 38.7 Å². The fourth-order valence-corrected chi connectivity index (χ4v) is 1.19. The molecule has 4 nitrogen and oxygen atoms in total. The van der Waals surface area contributed by atoms with Crippen molar-refractivity contribution in [3.05, 3.63) is 25.3 Å². The van der Waals surface area contributed by atoms with Crippen LogP contribution in [0.3, 0.4) is 0 Å². The molecule has 96 valence electrons. The average molecular weight is 240 g/mol. The standard InChI is InChI=1S/C13H20O4/c1-4-8-11(5-2)17-13(15)10-7-9-12(14)16-6-3/h4-5,11H,1-2,6-10H2,3H3. The number of rotatable bonds is 9. The maximum Gasteiger partial charge on any atom is 0.306 e. The van der Waals surface area contributed by atoms with E-state index in [1.54, 1.807) is 19.1 Å². The van der Waals surface area contributed by atoms with Crippen molar-refractivity contribution in [1.29, 1.82) is 0 Å². The van der Waals surface area contributed by atoms with Crippen LogP contribution in [-0.4, -0.2) is 24.6 Å². The molecule has 0 saturated carbocycles. The van der Waals surface area contributed by atoms with Crippen LogP contribution in [0.1, 0.15) is 32.6 Å². The zero-order valence-corrected chi connectivity index (χ0v) is 10.3. The largest absolute Gasteiger partial charge is 0.466 e. The molecule has 0 aromatic carbocycles. The van der Waals surface area contributed by atoms with E-state index < -0.39 is 0 Å². The first-order valence-electron chi connectivity index (χ1n) is 5.72. The number of ether oxygens (including phenoxy) is 2. The Bertz CT molecular complexity index is 271. The molecule has 0 aliphatic carbocycles. The van der Waals surface area contributed by atoms with Gasteiger partial charge in [-0.1, -0.05) is 18.7 Å². The van der Waals surface area contributed by atoms with Gasteiger partial charge in [0, 0.05) is 19.3 Å². The molecule has 0 rings (SSSR count). The van der Waals surface area contributed by atoms with Gasteiger partial charge in [0.2, 0.25) is 0 Å². The Hall–Kier alpha value is -1.58. The molecule has 0 spiro atoms. The number of carbonyl (C=O) groups excluding carboxylic acids is 2. The highest BCUT2D eigenvalue weighted by molar-refractivity contribution is 5.72. The highest BCUT2D eigenvalue weighted by atomic mass is 16.5. The zero-order valence-electron chi connectivity index (χ0n) is 10.3. The molecule has 0 amide bonds. The van der Waals surface area contributed by atoms with Crippen molar-refractivity contribution < 1.29 is 19.1 Å². The predicted molar refractivity (Wildman–Crippen MR) is 65.4 cm³/mol. The molecular formula is C13H20O4. The van der Waals surface area contributed by atoms with Crippen LogP contribution >= 0.6 is 0 Å². The van der Waals surface area contributed by atoms with Gasteiger partial charge in [-0.15, -0.1) is 6.58 Å². The molecule has 0 heterocycles. The SMILES string of the molecule is C=CCC(C=C)OC(=O)CCCC(=O)OCC. The van der Waals surface area contributed by atoms with E-state index >= 15 is 0 Å². The van der Waals surface area contributed by atoms with Gasteiger partial charge in [-0.3, -0.25) is 9.59 Å². The second kappa shape index (κ2) is 9.63. The third-order valence-corrected chi connectivity index (χ3v) is 2.01. The van der Waals surface area contributed by atoms with Crippen LogP contribution in [0.25, 0.3) is 0 Å². The fourth-order valence-electron chi connectivity index (χ4n) is 1.19. The van der Waals surface area contributed by atoms with Gasteiger partial charge in [0.15, 0.2) is 0 Å². The summed E-state index contributed by atoms with van der Waals surface area (Å²) < 4.78 is 9.85. The van der Waals surface area contributed by atoms with E-state index in [2.05, 4.69) is 13.2 Å². The Balaban J connectivity index is 3.75. The molecule has 0 saturated heterocycles. The molecule has 1 unspecified atom stereocenters. The summed E-state index contributed by atoms with van der Waals surface area (Å²) >= 11 is 0. The smallest absolute Gasteiger partial charge is 0.306 e. The second-order valence-electron chi connectivity index (χ2n) is 3.45. The van der Waals surface area contributed by atoms with Crippen LogP contribution in [0.4, 0.5) is 0 Å². The Morgan fingerprint density at radius 1 is 1.24 bits per heavy atom. The maximum absolute atomic E-state index is 11.4. The minimum Gasteiger partial charge on any atom is -0.466 e. The van der Waals surface area contributed by atoms with Crippen molar-refractivity contribution in [3.63, 3.8) is 0 Å². The number of carbonyl (C=O) groups is 2. The highest BCUT2D eigenvalue weighted by Gasteiger charge is 2.10. The molecule has 4 heteroatoms. The predicted octanol–water partition coefficient (Wildman–Crippen LogP) is 2.39. The Labute approximate surface area is 102 Å². The van der Waals surface area contributed by atoms with Crippen molar-refractivity contribution in [2.24, 2.45) is 0 Å². The second-order valence-corrected chi connectivity index (χ2v) is 3.45. The van der Waals surface area contributed by atoms with Crippen molar-refractivity contribution in [1.82, 2.24) is 0 Å². The number of hydrogen-bond acceptors (Lipinski definition) is 4. The summed E-state index contributed by atoms with van der Waals surface area (Å²) in [5.74, 6) is -0.618. The highest BCUT2D eigenvalue weighted by Crippen LogP contribution is 2.05. The van der Waals surface area contributed by atoms with Crippen LogP contribution < -0.4 is 0 Å². The van der Waals surface area contributed by atoms with Gasteiger partial charge >= 0.3 is 11.9 Å². The molecule has 0 aliphatic heterocycles. The fraction of sp³-hybridized carbons (Fsp3) is 0.538. The van der Waals surface area contributed by atoms with E-state index in [0.717, 1.165) is 0 Å². The van der Waals surface area contributed by atoms with Crippen molar-refractivity contribution >= 4 is 11.9 Å². The summed E-state index contributed by atoms with van der Waals surface area (Å²) in [5.41, 5.74) is 0. The van der Waals surface area contributed by atoms with Gasteiger partial charge in [-0.25, -0.2) is 0 Å². The van der Waals surface area contributed by atoms with Crippen LogP contribution in [0.5, 0.6) is 0 Å². The van der Waals surface area contributed by atoms with E-state index in [0.29, 0.717) is 19.4 Å². The first-order valence-corrected chi connectivity index (χ1v) is 5.72. The summed E-state index contributed by atoms with van der Waals surface area (Å²) in [4.78, 5) is 22.4. The number of esters is 2. The molecule has 0 aliphatic rings. The van der Waals surface area contributed by atoms with Gasteiger partial charge in [-0.05, 0) is 13.3 Å². The Kier molecular flexibility index (Phi) is 8.74. The molecule has 0 aromatic heterocycles. The number of hydrogen-bond donors (Lipinski definition) is 0. The minimum absolute atomic E-state index is 0.209. The van der Waals surface area contributed by atoms with Crippen molar-refractivity contribution in [3.8, 4) is 0 Å². The molecule has 0 radical (unpaired) electrons. The van der Waals surface area contributed by atoms with Crippen LogP contribution in [0.2, 0.25) is 0 Å². The first-order chi connectivity index (χ1) is 8.13. The van der Waals surface area contributed by atoms with E-state index in [9.17, 15) is 9.59 Å². The lowest BCUT2D eigenvalue weighted by molar-refractivity contribution is -0.147. The van der Waals surface area contributed by atoms with Crippen molar-refractivity contribution in [2.75, 3.05) is 6.61 Å². The van der Waals surface area contributed by atoms with E-state index in [1.165, 1.54) is 0 Å². The van der Waals surface area contributed by atoms with Gasteiger partial charge in [0.25, 0.3) is 0 Å². The van der Waals surface area contributed by atoms with Gasteiger partial charge in [0.1, 0.15) is 6.10 Å². The molecule has 0 aromatic rings. The normalized spacial score (nSPS) is 11.4. The maximum atomic E-state index is 11.4. The third kappa shape index (κ3) is 8.25. The van der Waals surface area contributed by atoms with E-state index in [-0.39, 0.29) is 30.9 Å². The van der Waals surface area contributed by atoms with Gasteiger partial charge in [0.05, 0.1) is 6.61 Å². The van der Waals surface area contributed by atoms with Gasteiger partial charge in [-0.2, -0.15) is 0 Å². The molecular weight excluding hydrogens is 220 g/mol. The average Bonchev–Trinajstić information content (AvgIpc) is 2.28. The Morgan fingerprint density at radius 2 is 1.88 bits per heavy atom. The summed E-state index contributed by atoms with van der Waals surface area (Å²) in [6.45, 7) is 9.24. The van der Waals surface area contributed by atoms with Crippen LogP contribution in [0.15, 0.2) is 25.3 Å². The van der Waals surface area contributed by atoms with E-state index in [1.807, 2.05) is 0 Å². The Morgan fingerprint density at radius 3 is 2.41 bits per heavy atom. The quantitative estimate of drug-likeness (QED) is 0.458. The van der Waals surface area contributed by atoms with E-state index in [4.69, 9.17) is 9.47 Å². The summed E-state index contributed by atoms with van der Waals surface area (Å²) in [7, 11) is 0. The molecule has 17 heavy (non-hydrogen) atoms. The topological polar surface area (TPSA) is 52.6 Å². The molecule has 1 atom stereocenters. The lowest BCUT2D eigenvalue weighted by Crippen LogP contribution is -2.15. The summed E-state index contributed by atoms with van der Waals surface area (Å²) in [5, 5.41) is 0. The van der Waals surface area contributed by atoms with Crippen LogP contribution in [-0.2, 0) is 19.1 Å². The zero-order chi connectivity index (χ0) is 13.1. The lowest BCUT2D eigenvalue weighted by Gasteiger charge is -2.11. The van der Waals surface area contributed by atoms with Gasteiger partial charge < -0.3 is 9.47 Å².